The largest absolute Gasteiger partial charge is 0.489 e. The number of ketones is 1. The molecule has 0 fully saturated rings. The van der Waals surface area contributed by atoms with Gasteiger partial charge >= 0.3 is 0 Å². The number of carbonyl (C=O) groups excluding carboxylic acids is 1. The van der Waals surface area contributed by atoms with Crippen LogP contribution >= 0.6 is 0 Å². The van der Waals surface area contributed by atoms with Crippen LogP contribution in [0.1, 0.15) is 69.7 Å². The molecule has 0 aliphatic carbocycles. The molecule has 0 spiro atoms. The van der Waals surface area contributed by atoms with Crippen LogP contribution in [0, 0.1) is 12.3 Å². The molecule has 0 atom stereocenters. The van der Waals surface area contributed by atoms with Crippen LogP contribution in [0.4, 0.5) is 0 Å². The van der Waals surface area contributed by atoms with E-state index in [4.69, 9.17) is 9.47 Å². The maximum absolute atomic E-state index is 12.3. The van der Waals surface area contributed by atoms with Crippen LogP contribution in [-0.4, -0.2) is 12.4 Å². The van der Waals surface area contributed by atoms with Crippen molar-refractivity contribution in [2.45, 2.75) is 66.4 Å². The Morgan fingerprint density at radius 2 is 1.41 bits per heavy atom. The molecule has 0 saturated carbocycles. The monoisotopic (exact) mass is 458 g/mol. The average molecular weight is 459 g/mol. The summed E-state index contributed by atoms with van der Waals surface area (Å²) in [4.78, 5) is 12.3. The quantitative estimate of drug-likeness (QED) is 0.313. The van der Waals surface area contributed by atoms with E-state index in [0.29, 0.717) is 6.61 Å². The van der Waals surface area contributed by atoms with E-state index >= 15 is 0 Å². The van der Waals surface area contributed by atoms with E-state index in [0.717, 1.165) is 35.5 Å². The molecule has 0 aromatic heterocycles. The van der Waals surface area contributed by atoms with Gasteiger partial charge in [-0.3, -0.25) is 4.79 Å². The highest BCUT2D eigenvalue weighted by atomic mass is 16.5. The first-order valence-electron chi connectivity index (χ1n) is 12.2. The zero-order valence-electron chi connectivity index (χ0n) is 21.5. The fourth-order valence-corrected chi connectivity index (χ4v) is 4.31. The number of Topliss-reactive ketones (excluding diaryl/α,β-unsaturated/α-hetero) is 1. The Labute approximate surface area is 205 Å². The number of rotatable bonds is 10. The van der Waals surface area contributed by atoms with Gasteiger partial charge < -0.3 is 9.47 Å². The average Bonchev–Trinajstić information content (AvgIpc) is 2.84. The van der Waals surface area contributed by atoms with Crippen molar-refractivity contribution >= 4 is 5.78 Å². The standard InChI is InChI=1S/C31H38O3/c1-7-31(8-2,25-14-17-27(18-15-25)33-21-24-12-10-9-11-13-24)26-16-19-28(23(3)20-26)34-22-29(32)30(4,5)6/h9-20H,7-8,21-22H2,1-6H3. The van der Waals surface area contributed by atoms with Crippen LogP contribution in [0.15, 0.2) is 72.8 Å². The van der Waals surface area contributed by atoms with Crippen molar-refractivity contribution in [3.8, 4) is 11.5 Å². The first-order valence-corrected chi connectivity index (χ1v) is 12.2. The van der Waals surface area contributed by atoms with Gasteiger partial charge in [0.1, 0.15) is 24.7 Å². The third-order valence-corrected chi connectivity index (χ3v) is 6.79. The van der Waals surface area contributed by atoms with Gasteiger partial charge in [0, 0.05) is 10.8 Å². The summed E-state index contributed by atoms with van der Waals surface area (Å²) in [7, 11) is 0. The normalized spacial score (nSPS) is 11.8. The van der Waals surface area contributed by atoms with Crippen molar-refractivity contribution in [1.82, 2.24) is 0 Å². The van der Waals surface area contributed by atoms with Crippen LogP contribution < -0.4 is 9.47 Å². The van der Waals surface area contributed by atoms with E-state index in [9.17, 15) is 4.79 Å². The molecule has 0 heterocycles. The molecular formula is C31H38O3. The van der Waals surface area contributed by atoms with Crippen molar-refractivity contribution in [1.29, 1.82) is 0 Å². The van der Waals surface area contributed by atoms with Crippen LogP contribution in [0.2, 0.25) is 0 Å². The Hall–Kier alpha value is -3.07. The van der Waals surface area contributed by atoms with Crippen molar-refractivity contribution < 1.29 is 14.3 Å². The fourth-order valence-electron chi connectivity index (χ4n) is 4.31. The van der Waals surface area contributed by atoms with Gasteiger partial charge in [0.2, 0.25) is 0 Å². The first kappa shape index (κ1) is 25.6. The van der Waals surface area contributed by atoms with Gasteiger partial charge in [-0.1, -0.05) is 89.2 Å². The Kier molecular flexibility index (Phi) is 8.19. The second-order valence-corrected chi connectivity index (χ2v) is 10.0. The van der Waals surface area contributed by atoms with E-state index in [1.54, 1.807) is 0 Å². The maximum atomic E-state index is 12.3. The first-order chi connectivity index (χ1) is 16.2. The van der Waals surface area contributed by atoms with E-state index in [-0.39, 0.29) is 17.8 Å². The predicted octanol–water partition coefficient (Wildman–Crippen LogP) is 7.67. The molecule has 0 saturated heterocycles. The number of ether oxygens (including phenoxy) is 2. The number of hydrogen-bond acceptors (Lipinski definition) is 3. The summed E-state index contributed by atoms with van der Waals surface area (Å²) in [6, 6.07) is 25.1. The summed E-state index contributed by atoms with van der Waals surface area (Å²) >= 11 is 0. The zero-order chi connectivity index (χ0) is 24.8. The smallest absolute Gasteiger partial charge is 0.175 e. The van der Waals surface area contributed by atoms with Crippen molar-refractivity contribution in [3.63, 3.8) is 0 Å². The van der Waals surface area contributed by atoms with Gasteiger partial charge in [0.25, 0.3) is 0 Å². The van der Waals surface area contributed by atoms with Gasteiger partial charge in [0.05, 0.1) is 0 Å². The van der Waals surface area contributed by atoms with Gasteiger partial charge in [0.15, 0.2) is 5.78 Å². The summed E-state index contributed by atoms with van der Waals surface area (Å²) < 4.78 is 11.9. The second kappa shape index (κ2) is 10.9. The molecule has 0 unspecified atom stereocenters. The Bertz CT molecular complexity index is 1070. The molecule has 0 aliphatic heterocycles. The van der Waals surface area contributed by atoms with Crippen molar-refractivity contribution in [3.05, 3.63) is 95.1 Å². The Morgan fingerprint density at radius 1 is 0.794 bits per heavy atom. The minimum Gasteiger partial charge on any atom is -0.489 e. The van der Waals surface area contributed by atoms with Crippen LogP contribution in [0.5, 0.6) is 11.5 Å². The number of carbonyl (C=O) groups is 1. The van der Waals surface area contributed by atoms with Crippen LogP contribution in [0.25, 0.3) is 0 Å². The molecule has 0 amide bonds. The summed E-state index contributed by atoms with van der Waals surface area (Å²) in [5, 5.41) is 0. The molecule has 3 aromatic carbocycles. The summed E-state index contributed by atoms with van der Waals surface area (Å²) in [6.07, 6.45) is 1.96. The summed E-state index contributed by atoms with van der Waals surface area (Å²) in [5.74, 6) is 1.74. The van der Waals surface area contributed by atoms with Crippen LogP contribution in [0.3, 0.4) is 0 Å². The molecule has 3 nitrogen and oxygen atoms in total. The molecular weight excluding hydrogens is 420 g/mol. The molecule has 34 heavy (non-hydrogen) atoms. The highest BCUT2D eigenvalue weighted by molar-refractivity contribution is 5.85. The Morgan fingerprint density at radius 3 is 1.97 bits per heavy atom. The number of aryl methyl sites for hydroxylation is 1. The van der Waals surface area contributed by atoms with E-state index < -0.39 is 5.41 Å². The molecule has 0 aliphatic rings. The molecule has 3 rings (SSSR count). The molecule has 3 heteroatoms. The Balaban J connectivity index is 1.78. The van der Waals surface area contributed by atoms with E-state index in [1.807, 2.05) is 45.0 Å². The van der Waals surface area contributed by atoms with Crippen molar-refractivity contribution in [2.24, 2.45) is 5.41 Å². The highest BCUT2D eigenvalue weighted by Gasteiger charge is 2.31. The summed E-state index contributed by atoms with van der Waals surface area (Å²) in [5.41, 5.74) is 4.26. The van der Waals surface area contributed by atoms with Gasteiger partial charge in [-0.15, -0.1) is 0 Å². The predicted molar refractivity (Wildman–Crippen MR) is 140 cm³/mol. The minimum absolute atomic E-state index is 0.0948. The van der Waals surface area contributed by atoms with Crippen LogP contribution in [-0.2, 0) is 16.8 Å². The minimum atomic E-state index is -0.398. The van der Waals surface area contributed by atoms with Gasteiger partial charge in [-0.25, -0.2) is 0 Å². The highest BCUT2D eigenvalue weighted by Crippen LogP contribution is 2.41. The molecule has 0 radical (unpaired) electrons. The lowest BCUT2D eigenvalue weighted by atomic mass is 9.70. The third-order valence-electron chi connectivity index (χ3n) is 6.79. The lowest BCUT2D eigenvalue weighted by Gasteiger charge is -2.34. The van der Waals surface area contributed by atoms with E-state index in [1.165, 1.54) is 11.1 Å². The summed E-state index contributed by atoms with van der Waals surface area (Å²) in [6.45, 7) is 13.0. The SMILES string of the molecule is CCC(CC)(c1ccc(OCc2ccccc2)cc1)c1ccc(OCC(=O)C(C)(C)C)c(C)c1. The number of benzene rings is 3. The molecule has 0 bridgehead atoms. The van der Waals surface area contributed by atoms with Gasteiger partial charge in [-0.05, 0) is 60.2 Å². The maximum Gasteiger partial charge on any atom is 0.175 e. The van der Waals surface area contributed by atoms with Gasteiger partial charge in [-0.2, -0.15) is 0 Å². The second-order valence-electron chi connectivity index (χ2n) is 10.0. The topological polar surface area (TPSA) is 35.5 Å². The third kappa shape index (κ3) is 5.88. The zero-order valence-corrected chi connectivity index (χ0v) is 21.5. The van der Waals surface area contributed by atoms with Crippen molar-refractivity contribution in [2.75, 3.05) is 6.61 Å². The lowest BCUT2D eigenvalue weighted by molar-refractivity contribution is -0.128. The fraction of sp³-hybridized carbons (Fsp3) is 0.387. The van der Waals surface area contributed by atoms with E-state index in [2.05, 4.69) is 69.3 Å². The molecule has 180 valence electrons. The number of hydrogen-bond donors (Lipinski definition) is 0. The molecule has 3 aromatic rings. The lowest BCUT2D eigenvalue weighted by Crippen LogP contribution is -2.27. The molecule has 0 N–H and O–H groups in total.